The molecule has 8 heteroatoms. The third kappa shape index (κ3) is 25.1. The molecular weight excluding hydrogens is 494 g/mol. The molecule has 230 valence electrons. The molecular formula is C31H62N3O5+. The smallest absolute Gasteiger partial charge is 0.416 e. The van der Waals surface area contributed by atoms with E-state index in [0.717, 1.165) is 17.7 Å². The van der Waals surface area contributed by atoms with E-state index in [-0.39, 0.29) is 31.6 Å². The minimum atomic E-state index is -0.691. The maximum Gasteiger partial charge on any atom is 0.416 e. The van der Waals surface area contributed by atoms with Crippen LogP contribution in [0, 0.1) is 0 Å². The zero-order chi connectivity index (χ0) is 29.4. The molecule has 0 saturated carbocycles. The molecule has 39 heavy (non-hydrogen) atoms. The number of rotatable bonds is 25. The Morgan fingerprint density at radius 1 is 0.718 bits per heavy atom. The van der Waals surface area contributed by atoms with Crippen molar-refractivity contribution in [3.8, 4) is 0 Å². The van der Waals surface area contributed by atoms with Gasteiger partial charge in [-0.3, -0.25) is 9.59 Å². The van der Waals surface area contributed by atoms with Crippen molar-refractivity contribution >= 4 is 17.9 Å². The number of unbranched alkanes of at least 4 members (excludes halogenated alkanes) is 15. The van der Waals surface area contributed by atoms with Gasteiger partial charge in [-0.05, 0) is 6.42 Å². The normalized spacial score (nSPS) is 12.3. The number of carbonyl (C=O) groups excluding carboxylic acids is 3. The van der Waals surface area contributed by atoms with Crippen molar-refractivity contribution in [2.45, 2.75) is 130 Å². The van der Waals surface area contributed by atoms with Crippen LogP contribution in [0.4, 0.5) is 4.79 Å². The Balaban J connectivity index is 3.89. The van der Waals surface area contributed by atoms with Crippen molar-refractivity contribution < 1.29 is 28.3 Å². The summed E-state index contributed by atoms with van der Waals surface area (Å²) in [6, 6.07) is -0.445. The SMILES string of the molecule is CCCCCCCCCCCCCCCCCCOCC(COC(=O)N(CC[N+](C)(C)C)C(C)=O)NC(C)=O. The molecule has 0 radical (unpaired) electrons. The Bertz CT molecular complexity index is 636. The molecule has 0 heterocycles. The van der Waals surface area contributed by atoms with Crippen LogP contribution in [-0.2, 0) is 19.1 Å². The number of nitrogens with one attached hydrogen (secondary N) is 1. The van der Waals surface area contributed by atoms with Gasteiger partial charge < -0.3 is 19.3 Å². The Kier molecular flexibility index (Phi) is 23.1. The molecule has 0 aliphatic carbocycles. The summed E-state index contributed by atoms with van der Waals surface area (Å²) < 4.78 is 11.7. The molecule has 0 aromatic rings. The van der Waals surface area contributed by atoms with Crippen molar-refractivity contribution in [2.24, 2.45) is 0 Å². The molecule has 1 unspecified atom stereocenters. The highest BCUT2D eigenvalue weighted by Crippen LogP contribution is 2.13. The van der Waals surface area contributed by atoms with Crippen molar-refractivity contribution in [2.75, 3.05) is 54.1 Å². The van der Waals surface area contributed by atoms with E-state index in [1.165, 1.54) is 104 Å². The standard InChI is InChI=1S/C31H61N3O5/c1-7-8-9-10-11-12-13-14-15-16-17-18-19-20-21-22-25-38-26-30(32-28(2)35)27-39-31(37)33(29(3)36)23-24-34(4,5)6/h30H,7-27H2,1-6H3/p+1. The minimum Gasteiger partial charge on any atom is -0.447 e. The number of hydrogen-bond acceptors (Lipinski definition) is 5. The summed E-state index contributed by atoms with van der Waals surface area (Å²) in [5.41, 5.74) is 0. The molecule has 0 saturated heterocycles. The first-order valence-corrected chi connectivity index (χ1v) is 15.7. The van der Waals surface area contributed by atoms with Crippen LogP contribution in [0.3, 0.4) is 0 Å². The zero-order valence-corrected chi connectivity index (χ0v) is 26.4. The third-order valence-corrected chi connectivity index (χ3v) is 6.87. The fraction of sp³-hybridized carbons (Fsp3) is 0.903. The topological polar surface area (TPSA) is 84.9 Å². The molecule has 0 bridgehead atoms. The van der Waals surface area contributed by atoms with E-state index < -0.39 is 12.1 Å². The predicted octanol–water partition coefficient (Wildman–Crippen LogP) is 6.46. The highest BCUT2D eigenvalue weighted by atomic mass is 16.6. The zero-order valence-electron chi connectivity index (χ0n) is 26.4. The van der Waals surface area contributed by atoms with Gasteiger partial charge in [-0.15, -0.1) is 0 Å². The van der Waals surface area contributed by atoms with Crippen molar-refractivity contribution in [1.29, 1.82) is 0 Å². The molecule has 3 amide bonds. The maximum absolute atomic E-state index is 12.5. The van der Waals surface area contributed by atoms with Crippen LogP contribution >= 0.6 is 0 Å². The summed E-state index contributed by atoms with van der Waals surface area (Å²) in [5.74, 6) is -0.570. The Morgan fingerprint density at radius 2 is 1.18 bits per heavy atom. The van der Waals surface area contributed by atoms with Crippen LogP contribution < -0.4 is 5.32 Å². The lowest BCUT2D eigenvalue weighted by molar-refractivity contribution is -0.869. The van der Waals surface area contributed by atoms with Gasteiger partial charge in [0.1, 0.15) is 6.61 Å². The third-order valence-electron chi connectivity index (χ3n) is 6.87. The highest BCUT2D eigenvalue weighted by Gasteiger charge is 2.23. The lowest BCUT2D eigenvalue weighted by atomic mass is 10.0. The molecule has 0 aliphatic rings. The van der Waals surface area contributed by atoms with Crippen LogP contribution in [0.5, 0.6) is 0 Å². The van der Waals surface area contributed by atoms with Gasteiger partial charge in [0.2, 0.25) is 11.8 Å². The molecule has 0 aromatic carbocycles. The Hall–Kier alpha value is -1.67. The summed E-state index contributed by atoms with van der Waals surface area (Å²) in [6.45, 7) is 6.79. The molecule has 0 aromatic heterocycles. The first-order chi connectivity index (χ1) is 18.6. The molecule has 0 aliphatic heterocycles. The lowest BCUT2D eigenvalue weighted by Gasteiger charge is -2.27. The van der Waals surface area contributed by atoms with Gasteiger partial charge in [-0.25, -0.2) is 9.69 Å². The summed E-state index contributed by atoms with van der Waals surface area (Å²) in [5, 5.41) is 2.77. The molecule has 0 rings (SSSR count). The average Bonchev–Trinajstić information content (AvgIpc) is 2.85. The van der Waals surface area contributed by atoms with Crippen LogP contribution in [0.1, 0.15) is 124 Å². The van der Waals surface area contributed by atoms with Crippen LogP contribution in [0.2, 0.25) is 0 Å². The number of carbonyl (C=O) groups is 3. The van der Waals surface area contributed by atoms with Gasteiger partial charge in [0, 0.05) is 20.5 Å². The largest absolute Gasteiger partial charge is 0.447 e. The molecule has 8 nitrogen and oxygen atoms in total. The number of quaternary nitrogens is 1. The van der Waals surface area contributed by atoms with Crippen LogP contribution in [0.25, 0.3) is 0 Å². The van der Waals surface area contributed by atoms with Gasteiger partial charge in [-0.2, -0.15) is 0 Å². The molecule has 0 fully saturated rings. The fourth-order valence-electron chi connectivity index (χ4n) is 4.42. The van der Waals surface area contributed by atoms with E-state index in [9.17, 15) is 14.4 Å². The van der Waals surface area contributed by atoms with Gasteiger partial charge >= 0.3 is 6.09 Å². The molecule has 1 atom stereocenters. The van der Waals surface area contributed by atoms with Crippen LogP contribution in [-0.4, -0.2) is 87.4 Å². The fourth-order valence-corrected chi connectivity index (χ4v) is 4.42. The number of likely N-dealkylation sites (N-methyl/N-ethyl adjacent to an activating group) is 1. The molecule has 1 N–H and O–H groups in total. The minimum absolute atomic E-state index is 0.0362. The lowest BCUT2D eigenvalue weighted by Crippen LogP contribution is -2.47. The molecule has 0 spiro atoms. The number of amides is 3. The Labute approximate surface area is 240 Å². The summed E-state index contributed by atoms with van der Waals surface area (Å²) in [6.07, 6.45) is 20.5. The monoisotopic (exact) mass is 556 g/mol. The number of nitrogens with zero attached hydrogens (tertiary/aromatic N) is 2. The second-order valence-corrected chi connectivity index (χ2v) is 12.0. The predicted molar refractivity (Wildman–Crippen MR) is 160 cm³/mol. The van der Waals surface area contributed by atoms with Gasteiger partial charge in [0.05, 0.1) is 46.9 Å². The summed E-state index contributed by atoms with van der Waals surface area (Å²) in [7, 11) is 5.98. The van der Waals surface area contributed by atoms with E-state index >= 15 is 0 Å². The second kappa shape index (κ2) is 24.2. The van der Waals surface area contributed by atoms with E-state index in [4.69, 9.17) is 9.47 Å². The first-order valence-electron chi connectivity index (χ1n) is 15.7. The number of ether oxygens (including phenoxy) is 2. The Morgan fingerprint density at radius 3 is 1.59 bits per heavy atom. The van der Waals surface area contributed by atoms with Gasteiger partial charge in [0.15, 0.2) is 0 Å². The van der Waals surface area contributed by atoms with Crippen molar-refractivity contribution in [3.05, 3.63) is 0 Å². The van der Waals surface area contributed by atoms with Gasteiger partial charge in [0.25, 0.3) is 0 Å². The second-order valence-electron chi connectivity index (χ2n) is 12.0. The van der Waals surface area contributed by atoms with E-state index in [2.05, 4.69) is 12.2 Å². The van der Waals surface area contributed by atoms with E-state index in [0.29, 0.717) is 17.6 Å². The average molecular weight is 557 g/mol. The van der Waals surface area contributed by atoms with E-state index in [1.54, 1.807) is 0 Å². The van der Waals surface area contributed by atoms with Crippen molar-refractivity contribution in [3.63, 3.8) is 0 Å². The van der Waals surface area contributed by atoms with Crippen LogP contribution in [0.15, 0.2) is 0 Å². The maximum atomic E-state index is 12.5. The number of imide groups is 1. The van der Waals surface area contributed by atoms with Crippen molar-refractivity contribution in [1.82, 2.24) is 10.2 Å². The first kappa shape index (κ1) is 37.3. The summed E-state index contributed by atoms with van der Waals surface area (Å²) >= 11 is 0. The quantitative estimate of drug-likeness (QED) is 0.103. The number of hydrogen-bond donors (Lipinski definition) is 1. The van der Waals surface area contributed by atoms with E-state index in [1.807, 2.05) is 21.1 Å². The van der Waals surface area contributed by atoms with Gasteiger partial charge in [-0.1, -0.05) is 103 Å². The summed E-state index contributed by atoms with van der Waals surface area (Å²) in [4.78, 5) is 37.0. The highest BCUT2D eigenvalue weighted by molar-refractivity contribution is 5.90.